The van der Waals surface area contributed by atoms with E-state index in [1.54, 1.807) is 24.0 Å². The van der Waals surface area contributed by atoms with Crippen molar-refractivity contribution in [2.45, 2.75) is 66.7 Å². The van der Waals surface area contributed by atoms with Gasteiger partial charge in [0, 0.05) is 178 Å². The molecule has 552 valence electrons. The van der Waals surface area contributed by atoms with Crippen molar-refractivity contribution < 1.29 is 115 Å². The zero-order valence-electron chi connectivity index (χ0n) is 59.1. The Labute approximate surface area is 689 Å². The molecule has 1 fully saturated rings. The van der Waals surface area contributed by atoms with E-state index in [-0.39, 0.29) is 117 Å². The second-order valence-corrected chi connectivity index (χ2v) is 23.9. The van der Waals surface area contributed by atoms with Crippen molar-refractivity contribution >= 4 is 40.4 Å². The van der Waals surface area contributed by atoms with E-state index >= 15 is 0 Å². The molecule has 0 aliphatic carbocycles. The van der Waals surface area contributed by atoms with Gasteiger partial charge in [0.1, 0.15) is 17.5 Å². The van der Waals surface area contributed by atoms with Gasteiger partial charge in [-0.1, -0.05) is 117 Å². The van der Waals surface area contributed by atoms with Crippen LogP contribution in [0.25, 0.3) is 39.6 Å². The molecule has 0 spiro atoms. The summed E-state index contributed by atoms with van der Waals surface area (Å²) in [5.74, 6) is 3.12. The van der Waals surface area contributed by atoms with Crippen LogP contribution in [0.3, 0.4) is 0 Å². The fourth-order valence-electron chi connectivity index (χ4n) is 11.8. The van der Waals surface area contributed by atoms with Gasteiger partial charge in [-0.3, -0.25) is 23.9 Å². The van der Waals surface area contributed by atoms with Gasteiger partial charge in [-0.15, -0.1) is 30.3 Å². The third kappa shape index (κ3) is 21.7. The normalized spacial score (nSPS) is 11.1. The number of Topliss-reactive ketones (excluding diaryl/α,β-unsaturated/α-hetero) is 1. The molecular formula is C85H80N13O2Pt5-5. The molecule has 0 saturated carbocycles. The Morgan fingerprint density at radius 3 is 1.24 bits per heavy atom. The third-order valence-corrected chi connectivity index (χ3v) is 16.8. The van der Waals surface area contributed by atoms with Gasteiger partial charge >= 0.3 is 0 Å². The van der Waals surface area contributed by atoms with Crippen molar-refractivity contribution in [3.05, 3.63) is 343 Å². The second-order valence-electron chi connectivity index (χ2n) is 23.9. The maximum Gasteiger partial charge on any atom is 0.196 e. The van der Waals surface area contributed by atoms with Crippen LogP contribution in [-0.2, 0) is 112 Å². The number of para-hydroxylation sites is 7. The molecule has 1 aliphatic rings. The number of hydrogen-bond acceptors (Lipinski definition) is 10. The van der Waals surface area contributed by atoms with E-state index in [1.165, 1.54) is 36.8 Å². The monoisotopic (exact) mass is 2290 g/mol. The number of aromatic nitrogens is 10. The summed E-state index contributed by atoms with van der Waals surface area (Å²) in [7, 11) is 4.03. The molecule has 20 heteroatoms. The summed E-state index contributed by atoms with van der Waals surface area (Å²) in [5.41, 5.74) is 15.4. The molecular weight excluding hydrogens is 2210 g/mol. The van der Waals surface area contributed by atoms with Crippen LogP contribution in [0.5, 0.6) is 0 Å². The second kappa shape index (κ2) is 43.0. The number of rotatable bonds is 15. The molecule has 1 saturated heterocycles. The van der Waals surface area contributed by atoms with Crippen LogP contribution in [-0.4, -0.2) is 87.7 Å². The Morgan fingerprint density at radius 2 is 0.790 bits per heavy atom. The SMILES string of the molecule is CC(=O)c1cnn(-c2[c-]cccc2)c1N1CCCCCC1.CCc1cnn(-c2[c-]cccc2)c1N(c1ccccc1)c1ccccc1.Cc1c(-c2ccccc2)cnn1-c1[c-]cccc1.Cc1c(C(=O)c2ccccc2)cnn1-c1[c-]cccc1.Cc1cnn(-c2[c-]cccc2)c1N(C)C.[Pt].[Pt].[Pt].[Pt].[Pt]. The minimum atomic E-state index is -0.00900. The van der Waals surface area contributed by atoms with Crippen LogP contribution < -0.4 is 14.7 Å². The molecule has 0 amide bonds. The first-order valence-electron chi connectivity index (χ1n) is 33.6. The minimum absolute atomic E-state index is 0. The smallest absolute Gasteiger partial charge is 0.196 e. The fraction of sp³-hybridized carbons (Fsp3) is 0.165. The molecule has 0 atom stereocenters. The van der Waals surface area contributed by atoms with E-state index in [2.05, 4.69) is 152 Å². The molecule has 105 heavy (non-hydrogen) atoms. The third-order valence-electron chi connectivity index (χ3n) is 16.8. The molecule has 0 bridgehead atoms. The van der Waals surface area contributed by atoms with E-state index in [0.717, 1.165) is 99.3 Å². The van der Waals surface area contributed by atoms with E-state index in [0.29, 0.717) is 16.7 Å². The van der Waals surface area contributed by atoms with Gasteiger partial charge in [-0.25, -0.2) is 14.0 Å². The number of nitrogens with zero attached hydrogens (tertiary/aromatic N) is 13. The van der Waals surface area contributed by atoms with Gasteiger partial charge in [-0.2, -0.15) is 147 Å². The van der Waals surface area contributed by atoms with Gasteiger partial charge < -0.3 is 9.80 Å². The van der Waals surface area contributed by atoms with Crippen molar-refractivity contribution in [3.8, 4) is 39.6 Å². The average Bonchev–Trinajstić information content (AvgIpc) is 1.75. The first kappa shape index (κ1) is 85.1. The van der Waals surface area contributed by atoms with E-state index in [1.807, 2.05) is 240 Å². The summed E-state index contributed by atoms with van der Waals surface area (Å²) in [4.78, 5) is 31.0. The number of anilines is 5. The van der Waals surface area contributed by atoms with Crippen LogP contribution in [0, 0.1) is 51.1 Å². The number of carbonyl (C=O) groups is 2. The van der Waals surface area contributed by atoms with Crippen LogP contribution in [0.1, 0.15) is 88.3 Å². The van der Waals surface area contributed by atoms with Crippen LogP contribution in [0.4, 0.5) is 28.8 Å². The predicted molar refractivity (Wildman–Crippen MR) is 401 cm³/mol. The Balaban J connectivity index is 0.000000205. The van der Waals surface area contributed by atoms with Crippen molar-refractivity contribution in [2.75, 3.05) is 41.9 Å². The first-order valence-corrected chi connectivity index (χ1v) is 33.6. The quantitative estimate of drug-likeness (QED) is 0.0721. The molecule has 6 heterocycles. The van der Waals surface area contributed by atoms with Crippen molar-refractivity contribution in [3.63, 3.8) is 0 Å². The number of aryl methyl sites for hydroxylation is 2. The Kier molecular flexibility index (Phi) is 34.9. The van der Waals surface area contributed by atoms with E-state index in [4.69, 9.17) is 0 Å². The van der Waals surface area contributed by atoms with E-state index in [9.17, 15) is 9.59 Å². The van der Waals surface area contributed by atoms with Crippen molar-refractivity contribution in [2.24, 2.45) is 0 Å². The van der Waals surface area contributed by atoms with Gasteiger partial charge in [-0.05, 0) is 105 Å². The average molecular weight is 2290 g/mol. The molecule has 0 radical (unpaired) electrons. The summed E-state index contributed by atoms with van der Waals surface area (Å²) >= 11 is 0. The fourth-order valence-corrected chi connectivity index (χ4v) is 11.8. The topological polar surface area (TPSA) is 133 Å². The number of hydrogen-bond donors (Lipinski definition) is 0. The van der Waals surface area contributed by atoms with Gasteiger partial charge in [0.15, 0.2) is 11.6 Å². The maximum atomic E-state index is 12.4. The van der Waals surface area contributed by atoms with Crippen LogP contribution in [0.2, 0.25) is 0 Å². The zero-order chi connectivity index (χ0) is 69.6. The van der Waals surface area contributed by atoms with Gasteiger partial charge in [0.25, 0.3) is 0 Å². The summed E-state index contributed by atoms with van der Waals surface area (Å²) in [5, 5.41) is 22.2. The summed E-state index contributed by atoms with van der Waals surface area (Å²) in [6, 6.07) is 95.3. The largest absolute Gasteiger partial charge is 0.362 e. The summed E-state index contributed by atoms with van der Waals surface area (Å²) in [6.07, 6.45) is 14.8. The van der Waals surface area contributed by atoms with Gasteiger partial charge in [0.2, 0.25) is 0 Å². The summed E-state index contributed by atoms with van der Waals surface area (Å²) < 4.78 is 9.37. The van der Waals surface area contributed by atoms with Crippen molar-refractivity contribution in [1.82, 2.24) is 48.9 Å². The molecule has 5 aromatic heterocycles. The minimum Gasteiger partial charge on any atom is -0.362 e. The standard InChI is InChI=1S/C23H20N3.C17H20N3O.C17H13N2O.C16H13N2.C12H14N3.5Pt/c1-2-19-18-24-26(22-16-10-5-11-17-22)23(19)25(20-12-6-3-7-13-20)21-14-8-4-9-15-21;1-14(21)16-13-18-20(15-9-5-4-6-10-15)17(16)19-11-7-2-3-8-12-19;1-13-16(17(20)14-8-4-2-5-9-14)12-18-19(13)15-10-6-3-7-11-15;1-13-16(14-8-4-2-5-9-14)12-17-18(13)15-10-6-3-7-11-15;1-10-9-13-15(12(10)14(2)3)11-7-5-4-6-8-11;;;;;/h3-16,18H,2H2,1H3;4-6,9,13H,2-3,7-8,11-12H2,1H3;2-10,12H,1H3;2-10,12H,1H3;4-7,9H,1-3H3;;;;;/q5*-1;;;;;. The molecule has 15 rings (SSSR count). The predicted octanol–water partition coefficient (Wildman–Crippen LogP) is 17.9. The number of carbonyl (C=O) groups excluding carboxylic acids is 2. The Hall–Kier alpha value is -8.79. The summed E-state index contributed by atoms with van der Waals surface area (Å²) in [6.45, 7) is 11.8. The molecule has 9 aromatic carbocycles. The zero-order valence-corrected chi connectivity index (χ0v) is 70.5. The molecule has 0 unspecified atom stereocenters. The van der Waals surface area contributed by atoms with Gasteiger partial charge in [0.05, 0.1) is 42.1 Å². The van der Waals surface area contributed by atoms with E-state index < -0.39 is 0 Å². The molecule has 0 N–H and O–H groups in total. The first-order chi connectivity index (χ1) is 49.0. The Bertz CT molecular complexity index is 4730. The number of ketones is 2. The molecule has 15 nitrogen and oxygen atoms in total. The maximum absolute atomic E-state index is 12.4. The number of benzene rings is 9. The van der Waals surface area contributed by atoms with Crippen LogP contribution in [0.15, 0.2) is 274 Å². The molecule has 14 aromatic rings. The van der Waals surface area contributed by atoms with Crippen LogP contribution >= 0.6 is 0 Å². The molecule has 1 aliphatic heterocycles. The van der Waals surface area contributed by atoms with Crippen molar-refractivity contribution in [1.29, 1.82) is 0 Å². The Morgan fingerprint density at radius 1 is 0.410 bits per heavy atom.